The summed E-state index contributed by atoms with van der Waals surface area (Å²) in [4.78, 5) is 38.9. The zero-order chi connectivity index (χ0) is 35.8. The number of aryl methyl sites for hydroxylation is 1. The summed E-state index contributed by atoms with van der Waals surface area (Å²) < 4.78 is 30.7. The summed E-state index contributed by atoms with van der Waals surface area (Å²) in [6.07, 6.45) is 6.09. The van der Waals surface area contributed by atoms with E-state index in [-0.39, 0.29) is 26.1 Å². The fraction of sp³-hybridized carbons (Fsp3) is 0.333. The van der Waals surface area contributed by atoms with Crippen molar-refractivity contribution in [2.24, 2.45) is 7.05 Å². The van der Waals surface area contributed by atoms with Crippen LogP contribution in [0.1, 0.15) is 28.1 Å². The lowest BCUT2D eigenvalue weighted by atomic mass is 9.98. The number of hydrogen-bond donors (Lipinski definition) is 2. The molecule has 0 unspecified atom stereocenters. The molecule has 13 nitrogen and oxygen atoms in total. The van der Waals surface area contributed by atoms with Crippen LogP contribution in [0.4, 0.5) is 5.69 Å². The summed E-state index contributed by atoms with van der Waals surface area (Å²) in [5, 5.41) is 15.6. The first kappa shape index (κ1) is 29.7. The second kappa shape index (κ2) is 13.6. The molecule has 0 bridgehead atoms. The predicted molar refractivity (Wildman–Crippen MR) is 186 cm³/mol. The van der Waals surface area contributed by atoms with Crippen molar-refractivity contribution < 1.29 is 21.8 Å². The molecule has 252 valence electrons. The third-order valence-electron chi connectivity index (χ3n) is 9.02. The number of nitrogens with one attached hydrogen (secondary N) is 2. The second-order valence-electron chi connectivity index (χ2n) is 12.1. The van der Waals surface area contributed by atoms with Gasteiger partial charge < -0.3 is 19.7 Å². The van der Waals surface area contributed by atoms with Crippen molar-refractivity contribution in [3.8, 4) is 28.5 Å². The first-order valence-corrected chi connectivity index (χ1v) is 16.2. The molecule has 7 rings (SSSR count). The van der Waals surface area contributed by atoms with Gasteiger partial charge in [-0.05, 0) is 55.2 Å². The number of fused-ring (bicyclic) bond motifs is 1. The second-order valence-corrected chi connectivity index (χ2v) is 12.1. The van der Waals surface area contributed by atoms with Crippen LogP contribution in [0.5, 0.6) is 5.88 Å². The Labute approximate surface area is 286 Å². The Bertz CT molecular complexity index is 2110. The Hall–Kier alpha value is -5.40. The van der Waals surface area contributed by atoms with Gasteiger partial charge in [0.15, 0.2) is 11.4 Å². The molecule has 2 amide bonds. The molecule has 3 aromatic heterocycles. The van der Waals surface area contributed by atoms with Crippen LogP contribution in [0.2, 0.25) is 0 Å². The molecule has 0 spiro atoms. The van der Waals surface area contributed by atoms with E-state index in [1.165, 1.54) is 16.9 Å². The van der Waals surface area contributed by atoms with Crippen LogP contribution in [0.15, 0.2) is 73.2 Å². The monoisotopic (exact) mass is 663 g/mol. The maximum atomic E-state index is 13.8. The number of nitrogens with zero attached hydrogens (tertiary/aromatic N) is 7. The van der Waals surface area contributed by atoms with Gasteiger partial charge >= 0.3 is 0 Å². The predicted octanol–water partition coefficient (Wildman–Crippen LogP) is 4.16. The van der Waals surface area contributed by atoms with Crippen molar-refractivity contribution in [3.63, 3.8) is 0 Å². The minimum absolute atomic E-state index is 0.0864. The molecule has 0 saturated carbocycles. The van der Waals surface area contributed by atoms with Crippen molar-refractivity contribution in [1.82, 2.24) is 39.7 Å². The third-order valence-corrected chi connectivity index (χ3v) is 9.02. The number of anilines is 1. The number of pyridine rings is 1. The first-order chi connectivity index (χ1) is 24.6. The number of rotatable bonds is 10. The molecule has 0 aliphatic carbocycles. The van der Waals surface area contributed by atoms with E-state index in [1.807, 2.05) is 68.6 Å². The van der Waals surface area contributed by atoms with E-state index in [4.69, 9.17) is 12.2 Å². The number of benzene rings is 2. The van der Waals surface area contributed by atoms with Crippen LogP contribution in [0.25, 0.3) is 39.1 Å². The maximum Gasteiger partial charge on any atom is 0.258 e. The lowest BCUT2D eigenvalue weighted by Gasteiger charge is -2.30. The number of hydrogen-bond acceptors (Lipinski definition) is 9. The van der Waals surface area contributed by atoms with E-state index in [1.54, 1.807) is 23.3 Å². The molecule has 49 heavy (non-hydrogen) atoms. The highest BCUT2D eigenvalue weighted by atomic mass is 16.5. The van der Waals surface area contributed by atoms with Crippen LogP contribution in [0.3, 0.4) is 0 Å². The summed E-state index contributed by atoms with van der Waals surface area (Å²) in [6.45, 7) is 0.786. The highest BCUT2D eigenvalue weighted by Gasteiger charge is 2.45. The fourth-order valence-corrected chi connectivity index (χ4v) is 6.29. The molecule has 1 saturated heterocycles. The van der Waals surface area contributed by atoms with Crippen molar-refractivity contribution >= 4 is 34.0 Å². The Kier molecular flexibility index (Phi) is 8.25. The van der Waals surface area contributed by atoms with Gasteiger partial charge in [-0.2, -0.15) is 10.2 Å². The molecule has 5 heterocycles. The van der Waals surface area contributed by atoms with Crippen molar-refractivity contribution in [2.75, 3.05) is 51.7 Å². The molecule has 0 radical (unpaired) electrons. The largest absolute Gasteiger partial charge is 0.478 e. The van der Waals surface area contributed by atoms with Gasteiger partial charge in [-0.3, -0.25) is 24.3 Å². The number of methoxy groups -OCH3 is 1. The van der Waals surface area contributed by atoms with Gasteiger partial charge in [0.05, 0.1) is 21.4 Å². The highest BCUT2D eigenvalue weighted by Crippen LogP contribution is 2.32. The van der Waals surface area contributed by atoms with E-state index in [2.05, 4.69) is 30.6 Å². The maximum absolute atomic E-state index is 13.8. The molecule has 1 atom stereocenters. The van der Waals surface area contributed by atoms with E-state index >= 15 is 0 Å². The molecule has 2 aromatic carbocycles. The summed E-state index contributed by atoms with van der Waals surface area (Å²) in [6, 6.07) is 17.1. The average Bonchev–Trinajstić information content (AvgIpc) is 3.91. The molecule has 13 heteroatoms. The molecule has 2 aliphatic rings. The number of aromatic nitrogens is 6. The van der Waals surface area contributed by atoms with Crippen molar-refractivity contribution in [2.45, 2.75) is 25.4 Å². The van der Waals surface area contributed by atoms with Gasteiger partial charge in [-0.1, -0.05) is 30.3 Å². The average molecular weight is 664 g/mol. The molecule has 5 aromatic rings. The zero-order valence-corrected chi connectivity index (χ0v) is 27.6. The van der Waals surface area contributed by atoms with Crippen LogP contribution in [-0.2, 0) is 21.4 Å². The molecule has 1 fully saturated rings. The SMILES string of the molecule is [2H]C([2H])(C(=O)N1CC=C(c2ccc(-c3ncn(C)n3)cc2)CC1)N1CC[C@@](OC)(C(=O)Nc2ccc3[nH]nc(-c4ccnc(OCC)c4)c3c2)C1. The summed E-state index contributed by atoms with van der Waals surface area (Å²) in [7, 11) is 3.26. The number of amides is 2. The van der Waals surface area contributed by atoms with E-state index in [9.17, 15) is 9.59 Å². The summed E-state index contributed by atoms with van der Waals surface area (Å²) in [5.41, 5.74) is 4.49. The van der Waals surface area contributed by atoms with Crippen molar-refractivity contribution in [1.29, 1.82) is 0 Å². The Morgan fingerprint density at radius 2 is 1.90 bits per heavy atom. The number of H-pyrrole nitrogens is 1. The summed E-state index contributed by atoms with van der Waals surface area (Å²) >= 11 is 0. The Morgan fingerprint density at radius 3 is 2.63 bits per heavy atom. The Morgan fingerprint density at radius 1 is 1.06 bits per heavy atom. The first-order valence-electron chi connectivity index (χ1n) is 17.2. The van der Waals surface area contributed by atoms with Crippen molar-refractivity contribution in [3.05, 3.63) is 78.8 Å². The third kappa shape index (κ3) is 6.67. The van der Waals surface area contributed by atoms with Crippen LogP contribution >= 0.6 is 0 Å². The van der Waals surface area contributed by atoms with E-state index in [0.29, 0.717) is 42.7 Å². The van der Waals surface area contributed by atoms with E-state index < -0.39 is 23.9 Å². The van der Waals surface area contributed by atoms with Gasteiger partial charge in [0.1, 0.15) is 12.0 Å². The quantitative estimate of drug-likeness (QED) is 0.225. The standard InChI is InChI=1S/C36H39N9O4/c1-4-49-31-19-27(11-15-37-31)33-29-20-28(9-10-30(29)40-41-33)39-35(47)36(48-3)14-18-44(22-36)21-32(46)45-16-12-25(13-17-45)24-5-7-26(8-6-24)34-38-23-43(2)42-34/h5-12,15,19-20,23H,4,13-14,16-18,21-22H2,1-3H3,(H,39,47)(H,40,41)/t36-/m0/s1/i21D2. The van der Waals surface area contributed by atoms with Crippen LogP contribution < -0.4 is 10.1 Å². The normalized spacial score (nSPS) is 19.0. The fourth-order valence-electron chi connectivity index (χ4n) is 6.29. The number of carbonyl (C=O) groups is 2. The lowest BCUT2D eigenvalue weighted by molar-refractivity contribution is -0.138. The van der Waals surface area contributed by atoms with E-state index in [0.717, 1.165) is 33.2 Å². The summed E-state index contributed by atoms with van der Waals surface area (Å²) in [5.74, 6) is 0.0895. The molecular formula is C36H39N9O4. The number of likely N-dealkylation sites (tertiary alicyclic amines) is 1. The van der Waals surface area contributed by atoms with Gasteiger partial charge in [0.2, 0.25) is 11.8 Å². The number of ether oxygens (including phenoxy) is 2. The Balaban J connectivity index is 1.01. The number of carbonyl (C=O) groups excluding carboxylic acids is 2. The zero-order valence-electron chi connectivity index (χ0n) is 29.6. The lowest BCUT2D eigenvalue weighted by Crippen LogP contribution is -2.48. The molecular weight excluding hydrogens is 622 g/mol. The van der Waals surface area contributed by atoms with Gasteiger partial charge in [0, 0.05) is 74.8 Å². The topological polar surface area (TPSA) is 143 Å². The minimum Gasteiger partial charge on any atom is -0.478 e. The smallest absolute Gasteiger partial charge is 0.258 e. The minimum atomic E-state index is -2.33. The van der Waals surface area contributed by atoms with Gasteiger partial charge in [0.25, 0.3) is 5.91 Å². The van der Waals surface area contributed by atoms with Crippen LogP contribution in [-0.4, -0.2) is 104 Å². The molecule has 2 aliphatic heterocycles. The molecule has 2 N–H and O–H groups in total. The van der Waals surface area contributed by atoms with Crippen LogP contribution in [0, 0.1) is 0 Å². The number of aromatic amines is 1. The highest BCUT2D eigenvalue weighted by molar-refractivity contribution is 6.01. The van der Waals surface area contributed by atoms with Gasteiger partial charge in [-0.25, -0.2) is 9.97 Å². The van der Waals surface area contributed by atoms with Gasteiger partial charge in [-0.15, -0.1) is 0 Å².